The van der Waals surface area contributed by atoms with E-state index in [2.05, 4.69) is 111 Å². The van der Waals surface area contributed by atoms with E-state index in [4.69, 9.17) is 49.0 Å². The zero-order valence-corrected chi connectivity index (χ0v) is 74.6. The Balaban J connectivity index is -0.000000194. The van der Waals surface area contributed by atoms with Crippen molar-refractivity contribution >= 4 is 112 Å². The van der Waals surface area contributed by atoms with E-state index in [1.165, 1.54) is 103 Å². The second-order valence-corrected chi connectivity index (χ2v) is 54.8. The topological polar surface area (TPSA) is 184 Å². The molecule has 526 valence electrons. The molecule has 8 unspecified atom stereocenters. The molecular weight excluding hydrogens is 1560 g/mol. The standard InChI is InChI=1S/4C16H34O2PS2.3Mo/c4*1-5-9-11-15(7-3)13-21(19(17,18)20)14-16(8-4)12-10-6-2;;;/h4*15-16H,5-14H2,1-4H3;;;/q4*-3;3*+4. The van der Waals surface area contributed by atoms with Crippen molar-refractivity contribution < 1.29 is 102 Å². The van der Waals surface area contributed by atoms with Crippen molar-refractivity contribution in [3.05, 3.63) is 0 Å². The monoisotopic (exact) mass is 1710 g/mol. The van der Waals surface area contributed by atoms with Gasteiger partial charge >= 0.3 is 63.2 Å². The fraction of sp³-hybridized carbons (Fsp3) is 1.00. The molecule has 0 saturated heterocycles. The Hall–Kier alpha value is 6.26. The maximum Gasteiger partial charge on any atom is 4.00 e. The maximum absolute atomic E-state index is 12.0. The van der Waals surface area contributed by atoms with Gasteiger partial charge in [0.05, 0.1) is 0 Å². The van der Waals surface area contributed by atoms with E-state index in [0.717, 1.165) is 149 Å². The van der Waals surface area contributed by atoms with Crippen LogP contribution in [0.4, 0.5) is 0 Å². The molecule has 0 aliphatic rings. The van der Waals surface area contributed by atoms with Gasteiger partial charge in [-0.2, -0.15) is 0 Å². The summed E-state index contributed by atoms with van der Waals surface area (Å²) in [7, 11) is -2.38. The molecule has 0 bridgehead atoms. The minimum absolute atomic E-state index is 0. The van der Waals surface area contributed by atoms with Crippen molar-refractivity contribution in [2.45, 2.75) is 316 Å². The summed E-state index contributed by atoms with van der Waals surface area (Å²) >= 11 is 19.5. The summed E-state index contributed by atoms with van der Waals surface area (Å²) < 4.78 is 0. The molecule has 0 fully saturated rings. The molecule has 0 aromatic heterocycles. The molecule has 0 aliphatic carbocycles. The molecule has 8 atom stereocenters. The molecule has 23 heteroatoms. The fourth-order valence-electron chi connectivity index (χ4n) is 10.4. The summed E-state index contributed by atoms with van der Waals surface area (Å²) in [4.78, 5) is 96.3. The van der Waals surface area contributed by atoms with Crippen molar-refractivity contribution in [3.8, 4) is 0 Å². The van der Waals surface area contributed by atoms with Crippen LogP contribution in [0.25, 0.3) is 0 Å². The third kappa shape index (κ3) is 61.8. The first-order valence-electron chi connectivity index (χ1n) is 34.3. The van der Waals surface area contributed by atoms with Crippen LogP contribution >= 0.6 is 22.8 Å². The zero-order chi connectivity index (χ0) is 65.2. The van der Waals surface area contributed by atoms with Crippen LogP contribution in [0, 0.1) is 47.3 Å². The zero-order valence-electron chi connectivity index (χ0n) is 58.4. The first kappa shape index (κ1) is 107. The van der Waals surface area contributed by atoms with Gasteiger partial charge in [-0.15, -0.1) is 0 Å². The fourth-order valence-corrected chi connectivity index (χ4v) is 33.8. The molecule has 0 aromatic rings. The largest absolute Gasteiger partial charge is 4.00 e. The normalized spacial score (nSPS) is 16.1. The van der Waals surface area contributed by atoms with Crippen molar-refractivity contribution in [3.63, 3.8) is 0 Å². The third-order valence-electron chi connectivity index (χ3n) is 17.0. The molecule has 0 radical (unpaired) electrons. The molecule has 0 amide bonds. The van der Waals surface area contributed by atoms with E-state index in [1.54, 1.807) is 0 Å². The Labute approximate surface area is 617 Å². The van der Waals surface area contributed by atoms with E-state index in [0.29, 0.717) is 47.3 Å². The minimum atomic E-state index is -3.61. The number of hydrogen-bond donors (Lipinski definition) is 0. The van der Waals surface area contributed by atoms with Crippen LogP contribution in [0.3, 0.4) is 0 Å². The van der Waals surface area contributed by atoms with E-state index in [9.17, 15) is 39.1 Å². The van der Waals surface area contributed by atoms with E-state index >= 15 is 0 Å². The molecule has 0 spiro atoms. The number of hydrogen-bond acceptors (Lipinski definition) is 12. The molecule has 0 rings (SSSR count). The van der Waals surface area contributed by atoms with E-state index in [1.807, 2.05) is 0 Å². The Morgan fingerprint density at radius 1 is 0.218 bits per heavy atom. The summed E-state index contributed by atoms with van der Waals surface area (Å²) in [6.45, 7) is 34.9. The van der Waals surface area contributed by atoms with Gasteiger partial charge < -0.3 is 111 Å². The summed E-state index contributed by atoms with van der Waals surface area (Å²) in [6, 6.07) is 0. The van der Waals surface area contributed by atoms with Gasteiger partial charge in [0.15, 0.2) is 0 Å². The first-order chi connectivity index (χ1) is 39.5. The molecule has 8 nitrogen and oxygen atoms in total. The Bertz CT molecular complexity index is 1420. The van der Waals surface area contributed by atoms with Crippen LogP contribution < -0.4 is 39.1 Å². The number of rotatable bonds is 48. The smallest absolute Gasteiger partial charge is 0.854 e. The van der Waals surface area contributed by atoms with Crippen molar-refractivity contribution in [2.24, 2.45) is 47.3 Å². The average Bonchev–Trinajstić information content (AvgIpc) is 3.47. The minimum Gasteiger partial charge on any atom is -0.854 e. The van der Waals surface area contributed by atoms with Crippen LogP contribution in [-0.4, -0.2) is 46.0 Å². The van der Waals surface area contributed by atoms with Gasteiger partial charge in [0, 0.05) is 0 Å². The molecule has 0 saturated carbocycles. The second-order valence-electron chi connectivity index (χ2n) is 24.3. The van der Waals surface area contributed by atoms with Gasteiger partial charge in [-0.25, -0.2) is 40.3 Å². The van der Waals surface area contributed by atoms with Crippen LogP contribution in [-0.2, 0) is 152 Å². The average molecular weight is 1700 g/mol. The SMILES string of the molecule is CCCCC(CC)CS(CC(CC)CCCC)=P([O-])([O-])[S-].CCCCC(CC)CS(CC(CC)CCCC)=P([O-])([O-])[S-].CCCCC(CC)CS(CC(CC)CCCC)=P([O-])([O-])[S-].CCCCC(CC)CS(CC(CC)CCCC)=P([O-])([O-])[S-].[Mo+4].[Mo+4].[Mo+4]. The Morgan fingerprint density at radius 3 is 0.368 bits per heavy atom. The summed E-state index contributed by atoms with van der Waals surface area (Å²) in [5.74, 6) is 10.7. The van der Waals surface area contributed by atoms with Crippen LogP contribution in [0.2, 0.25) is 0 Å². The molecule has 0 N–H and O–H groups in total. The molecule has 87 heavy (non-hydrogen) atoms. The van der Waals surface area contributed by atoms with Crippen molar-refractivity contribution in [1.29, 1.82) is 0 Å². The van der Waals surface area contributed by atoms with Gasteiger partial charge in [-0.1, -0.05) is 265 Å². The van der Waals surface area contributed by atoms with E-state index in [-0.39, 0.29) is 63.2 Å². The van der Waals surface area contributed by atoms with Gasteiger partial charge in [0.1, 0.15) is 0 Å². The summed E-state index contributed by atoms with van der Waals surface area (Å²) in [5.41, 5.74) is -14.5. The quantitative estimate of drug-likeness (QED) is 0.0319. The Morgan fingerprint density at radius 2 is 0.310 bits per heavy atom. The van der Waals surface area contributed by atoms with Crippen LogP contribution in [0.5, 0.6) is 0 Å². The maximum atomic E-state index is 12.0. The van der Waals surface area contributed by atoms with Gasteiger partial charge in [-0.05, 0) is 145 Å². The van der Waals surface area contributed by atoms with Gasteiger partial charge in [-0.3, -0.25) is 0 Å². The number of unbranched alkanes of at least 4 members (excludes halogenated alkanes) is 8. The van der Waals surface area contributed by atoms with Crippen molar-refractivity contribution in [1.82, 2.24) is 0 Å². The first-order valence-corrected chi connectivity index (χ1v) is 53.6. The third-order valence-corrected chi connectivity index (χ3v) is 45.2. The Kier molecular flexibility index (Phi) is 83.5. The molecular formula is C64H136Mo3O8P4S8. The summed E-state index contributed by atoms with van der Waals surface area (Å²) in [6.07, 6.45) is 36.8. The van der Waals surface area contributed by atoms with Crippen LogP contribution in [0.1, 0.15) is 316 Å². The van der Waals surface area contributed by atoms with Crippen LogP contribution in [0.15, 0.2) is 0 Å². The molecule has 0 aliphatic heterocycles. The van der Waals surface area contributed by atoms with Gasteiger partial charge in [0.2, 0.25) is 0 Å². The predicted octanol–water partition coefficient (Wildman–Crippen LogP) is 15.9. The van der Waals surface area contributed by atoms with Crippen molar-refractivity contribution in [2.75, 3.05) is 46.0 Å². The molecule has 0 aromatic carbocycles. The van der Waals surface area contributed by atoms with E-state index < -0.39 is 63.1 Å². The predicted molar refractivity (Wildman–Crippen MR) is 392 cm³/mol. The van der Waals surface area contributed by atoms with Gasteiger partial charge in [0.25, 0.3) is 0 Å². The second kappa shape index (κ2) is 68.1. The summed E-state index contributed by atoms with van der Waals surface area (Å²) in [5, 5.41) is 0. The molecule has 0 heterocycles.